The monoisotopic (exact) mass is 676 g/mol. The van der Waals surface area contributed by atoms with Gasteiger partial charge in [0.1, 0.15) is 30.2 Å². The largest absolute Gasteiger partial charge is 0.472 e. The zero-order valence-electron chi connectivity index (χ0n) is 22.6. The van der Waals surface area contributed by atoms with E-state index < -0.39 is 89.4 Å². The molecule has 3 saturated heterocycles. The SMILES string of the molecule is Nc1nc2c(ncn2C2OC3COP(=O)(O)OC4C(CCP(=O)(O)OC2C3F)OC(n2cnc3c(N)ncnc32)C4F)c(=O)[nH]1. The Balaban J connectivity index is 1.21. The van der Waals surface area contributed by atoms with Gasteiger partial charge in [-0.1, -0.05) is 0 Å². The fourth-order valence-electron chi connectivity index (χ4n) is 5.51. The summed E-state index contributed by atoms with van der Waals surface area (Å²) in [5.41, 5.74) is 10.6. The van der Waals surface area contributed by atoms with E-state index in [1.54, 1.807) is 0 Å². The number of imidazole rings is 2. The average Bonchev–Trinajstić information content (AvgIpc) is 3.72. The van der Waals surface area contributed by atoms with Gasteiger partial charge in [0.2, 0.25) is 5.95 Å². The maximum absolute atomic E-state index is 15.9. The van der Waals surface area contributed by atoms with Crippen molar-refractivity contribution in [3.05, 3.63) is 29.3 Å². The molecule has 0 amide bonds. The van der Waals surface area contributed by atoms with E-state index in [0.29, 0.717) is 0 Å². The summed E-state index contributed by atoms with van der Waals surface area (Å²) < 4.78 is 87.3. The van der Waals surface area contributed by atoms with Gasteiger partial charge in [0, 0.05) is 0 Å². The topological polar surface area (TPSA) is 280 Å². The Morgan fingerprint density at radius 2 is 1.62 bits per heavy atom. The van der Waals surface area contributed by atoms with E-state index in [-0.39, 0.29) is 34.1 Å². The highest BCUT2D eigenvalue weighted by Crippen LogP contribution is 2.54. The Hall–Kier alpha value is -3.46. The number of rotatable bonds is 2. The number of phosphoric ester groups is 1. The van der Waals surface area contributed by atoms with Crippen molar-refractivity contribution in [2.75, 3.05) is 24.2 Å². The molecule has 4 aromatic heterocycles. The Morgan fingerprint density at radius 1 is 0.911 bits per heavy atom. The second-order valence-corrected chi connectivity index (χ2v) is 13.8. The van der Waals surface area contributed by atoms with Crippen LogP contribution in [0.1, 0.15) is 18.9 Å². The Kier molecular flexibility index (Phi) is 7.26. The molecule has 4 aromatic rings. The molecule has 0 spiro atoms. The highest BCUT2D eigenvalue weighted by molar-refractivity contribution is 7.52. The lowest BCUT2D eigenvalue weighted by Crippen LogP contribution is -2.32. The summed E-state index contributed by atoms with van der Waals surface area (Å²) in [6, 6.07) is 0. The number of ether oxygens (including phenoxy) is 2. The van der Waals surface area contributed by atoms with Crippen molar-refractivity contribution in [3.63, 3.8) is 0 Å². The molecule has 10 unspecified atom stereocenters. The van der Waals surface area contributed by atoms with E-state index in [0.717, 1.165) is 17.2 Å². The van der Waals surface area contributed by atoms with Crippen LogP contribution in [0.3, 0.4) is 0 Å². The second kappa shape index (κ2) is 10.8. The highest BCUT2D eigenvalue weighted by atomic mass is 31.2. The van der Waals surface area contributed by atoms with Gasteiger partial charge in [-0.2, -0.15) is 4.98 Å². The number of anilines is 2. The van der Waals surface area contributed by atoms with Crippen LogP contribution in [0.4, 0.5) is 20.5 Å². The number of nitrogens with zero attached hydrogens (tertiary/aromatic N) is 7. The maximum atomic E-state index is 15.9. The second-order valence-electron chi connectivity index (χ2n) is 10.4. The van der Waals surface area contributed by atoms with E-state index in [9.17, 15) is 23.7 Å². The normalized spacial score (nSPS) is 37.7. The molecular formula is C21H24F2N10O10P2. The van der Waals surface area contributed by atoms with Crippen molar-refractivity contribution in [1.82, 2.24) is 39.0 Å². The fourth-order valence-corrected chi connectivity index (χ4v) is 7.76. The number of phosphoric acid groups is 1. The van der Waals surface area contributed by atoms with E-state index in [2.05, 4.69) is 29.9 Å². The summed E-state index contributed by atoms with van der Waals surface area (Å²) >= 11 is 0. The van der Waals surface area contributed by atoms with E-state index in [4.69, 9.17) is 34.5 Å². The minimum Gasteiger partial charge on any atom is -0.382 e. The molecule has 7 rings (SSSR count). The third-order valence-electron chi connectivity index (χ3n) is 7.56. The molecule has 0 aliphatic carbocycles. The Morgan fingerprint density at radius 3 is 2.40 bits per heavy atom. The minimum atomic E-state index is -5.14. The lowest BCUT2D eigenvalue weighted by Gasteiger charge is -2.25. The van der Waals surface area contributed by atoms with Gasteiger partial charge in [-0.05, 0) is 6.42 Å². The van der Waals surface area contributed by atoms with Gasteiger partial charge in [0.15, 0.2) is 47.4 Å². The van der Waals surface area contributed by atoms with Gasteiger partial charge in [-0.25, -0.2) is 33.3 Å². The molecule has 0 saturated carbocycles. The summed E-state index contributed by atoms with van der Waals surface area (Å²) in [5.74, 6) is -0.293. The smallest absolute Gasteiger partial charge is 0.382 e. The molecule has 7 N–H and O–H groups in total. The van der Waals surface area contributed by atoms with E-state index >= 15 is 8.78 Å². The average molecular weight is 676 g/mol. The number of aromatic amines is 1. The van der Waals surface area contributed by atoms with Crippen LogP contribution in [-0.2, 0) is 32.2 Å². The highest BCUT2D eigenvalue weighted by Gasteiger charge is 2.54. The number of alkyl halides is 2. The molecule has 45 heavy (non-hydrogen) atoms. The zero-order valence-corrected chi connectivity index (χ0v) is 24.4. The van der Waals surface area contributed by atoms with Gasteiger partial charge in [-0.15, -0.1) is 0 Å². The first-order valence-corrected chi connectivity index (χ1v) is 16.5. The first-order chi connectivity index (χ1) is 21.3. The van der Waals surface area contributed by atoms with Crippen LogP contribution in [-0.4, -0.2) is 98.4 Å². The third kappa shape index (κ3) is 5.30. The standard InChI is InChI=1S/C21H24F2N10O10P2/c22-9-8-3-39-45(37,38)43-13-7(40-19(10(13)23)32-5-28-11-15(24)26-4-27-16(11)32)1-2-44(35,36)42-14(9)20(41-8)33-6-29-12-17(33)30-21(25)31-18(12)34/h4-10,13-14,19-20H,1-3H2,(H,35,36)(H,37,38)(H2,24,26,27)(H3,25,30,31,34). The summed E-state index contributed by atoms with van der Waals surface area (Å²) in [7, 11) is -9.88. The predicted molar refractivity (Wildman–Crippen MR) is 145 cm³/mol. The maximum Gasteiger partial charge on any atom is 0.472 e. The first-order valence-electron chi connectivity index (χ1n) is 13.2. The van der Waals surface area contributed by atoms with E-state index in [1.807, 2.05) is 0 Å². The number of hydrogen-bond donors (Lipinski definition) is 5. The van der Waals surface area contributed by atoms with Crippen molar-refractivity contribution < 1.29 is 50.7 Å². The number of hydrogen-bond acceptors (Lipinski definition) is 15. The molecule has 7 heterocycles. The number of H-pyrrole nitrogens is 1. The molecule has 0 aromatic carbocycles. The van der Waals surface area contributed by atoms with Crippen LogP contribution in [0.15, 0.2) is 23.8 Å². The lowest BCUT2D eigenvalue weighted by molar-refractivity contribution is -0.0526. The van der Waals surface area contributed by atoms with Crippen LogP contribution in [0.2, 0.25) is 0 Å². The van der Waals surface area contributed by atoms with Gasteiger partial charge >= 0.3 is 15.4 Å². The number of nitrogens with two attached hydrogens (primary N) is 2. The molecule has 2 bridgehead atoms. The van der Waals surface area contributed by atoms with Gasteiger partial charge in [0.25, 0.3) is 5.56 Å². The number of aromatic nitrogens is 8. The number of nitrogens with one attached hydrogen (secondary N) is 1. The van der Waals surface area contributed by atoms with Crippen LogP contribution in [0, 0.1) is 0 Å². The predicted octanol–water partition coefficient (Wildman–Crippen LogP) is 0.0714. The molecule has 3 fully saturated rings. The molecule has 3 aliphatic heterocycles. The van der Waals surface area contributed by atoms with Crippen molar-refractivity contribution >= 4 is 49.5 Å². The molecule has 0 radical (unpaired) electrons. The van der Waals surface area contributed by atoms with Crippen LogP contribution in [0.5, 0.6) is 0 Å². The van der Waals surface area contributed by atoms with Gasteiger partial charge in [0.05, 0.1) is 31.5 Å². The fraction of sp³-hybridized carbons (Fsp3) is 0.524. The molecule has 20 nitrogen and oxygen atoms in total. The van der Waals surface area contributed by atoms with E-state index in [1.165, 1.54) is 10.9 Å². The van der Waals surface area contributed by atoms with Crippen molar-refractivity contribution in [2.24, 2.45) is 0 Å². The summed E-state index contributed by atoms with van der Waals surface area (Å²) in [6.45, 7) is -0.940. The number of nitrogen functional groups attached to an aromatic ring is 2. The van der Waals surface area contributed by atoms with Gasteiger partial charge in [-0.3, -0.25) is 37.0 Å². The minimum absolute atomic E-state index is 0.00801. The number of halogens is 2. The molecule has 242 valence electrons. The Bertz CT molecular complexity index is 1940. The molecule has 24 heteroatoms. The van der Waals surface area contributed by atoms with Crippen molar-refractivity contribution in [2.45, 2.75) is 55.6 Å². The first kappa shape index (κ1) is 30.2. The molecule has 10 atom stereocenters. The molecular weight excluding hydrogens is 652 g/mol. The number of fused-ring (bicyclic) bond motifs is 5. The zero-order chi connectivity index (χ0) is 31.8. The van der Waals surface area contributed by atoms with Crippen LogP contribution < -0.4 is 17.0 Å². The summed E-state index contributed by atoms with van der Waals surface area (Å²) in [4.78, 5) is 55.7. The Labute approximate surface area is 248 Å². The lowest BCUT2D eigenvalue weighted by atomic mass is 10.1. The van der Waals surface area contributed by atoms with Gasteiger partial charge < -0.3 is 30.7 Å². The quantitative estimate of drug-likeness (QED) is 0.176. The third-order valence-corrected chi connectivity index (χ3v) is 9.94. The van der Waals surface area contributed by atoms with Crippen molar-refractivity contribution in [1.29, 1.82) is 0 Å². The summed E-state index contributed by atoms with van der Waals surface area (Å²) in [6.07, 6.45) is -12.0. The van der Waals surface area contributed by atoms with Crippen LogP contribution >= 0.6 is 15.4 Å². The molecule has 3 aliphatic rings. The van der Waals surface area contributed by atoms with Crippen molar-refractivity contribution in [3.8, 4) is 0 Å². The van der Waals surface area contributed by atoms with Crippen LogP contribution in [0.25, 0.3) is 22.3 Å². The summed E-state index contributed by atoms with van der Waals surface area (Å²) in [5, 5.41) is 0.